The molecule has 0 bridgehead atoms. The van der Waals surface area contributed by atoms with Crippen molar-refractivity contribution in [1.29, 1.82) is 0 Å². The Bertz CT molecular complexity index is 410. The molecule has 19 heavy (non-hydrogen) atoms. The summed E-state index contributed by atoms with van der Waals surface area (Å²) in [6.45, 7) is 11.8. The van der Waals surface area contributed by atoms with Crippen LogP contribution in [0.1, 0.15) is 27.2 Å². The van der Waals surface area contributed by atoms with Gasteiger partial charge in [-0.2, -0.15) is 0 Å². The highest BCUT2D eigenvalue weighted by molar-refractivity contribution is 5.76. The van der Waals surface area contributed by atoms with Crippen LogP contribution in [0.4, 0.5) is 4.79 Å². The normalized spacial score (nSPS) is 25.7. The Kier molecular flexibility index (Phi) is 2.89. The summed E-state index contributed by atoms with van der Waals surface area (Å²) in [6.07, 6.45) is 3.25. The molecule has 0 N–H and O–H groups in total. The van der Waals surface area contributed by atoms with E-state index in [0.29, 0.717) is 5.41 Å². The molecule has 2 fully saturated rings. The maximum absolute atomic E-state index is 12.3. The number of rotatable bonds is 0. The predicted molar refractivity (Wildman–Crippen MR) is 73.9 cm³/mol. The lowest BCUT2D eigenvalue weighted by atomic mass is 9.78. The van der Waals surface area contributed by atoms with Crippen LogP contribution in [0.15, 0.2) is 11.6 Å². The first-order valence-electron chi connectivity index (χ1n) is 7.21. The summed E-state index contributed by atoms with van der Waals surface area (Å²) in [5, 5.41) is 0. The maximum atomic E-state index is 12.3. The van der Waals surface area contributed by atoms with Gasteiger partial charge in [-0.3, -0.25) is 0 Å². The number of urea groups is 1. The Labute approximate surface area is 115 Å². The summed E-state index contributed by atoms with van der Waals surface area (Å²) in [4.78, 5) is 16.3. The molecule has 2 saturated heterocycles. The van der Waals surface area contributed by atoms with Crippen molar-refractivity contribution >= 4 is 6.03 Å². The standard InChI is InChI=1S/C15H24N2O2/c1-14(2,3)12-4-6-16(7-5-12)13(18)17-8-15(9-17)10-19-11-15/h4H,5-11H2,1-3H3. The summed E-state index contributed by atoms with van der Waals surface area (Å²) in [7, 11) is 0. The van der Waals surface area contributed by atoms with E-state index in [9.17, 15) is 4.79 Å². The van der Waals surface area contributed by atoms with Crippen LogP contribution in [0, 0.1) is 10.8 Å². The van der Waals surface area contributed by atoms with Crippen LogP contribution in [-0.2, 0) is 4.74 Å². The summed E-state index contributed by atoms with van der Waals surface area (Å²) in [5.74, 6) is 0. The Hall–Kier alpha value is -1.03. The fraction of sp³-hybridized carbons (Fsp3) is 0.800. The number of hydrogen-bond donors (Lipinski definition) is 0. The molecule has 3 rings (SSSR count). The minimum absolute atomic E-state index is 0.210. The van der Waals surface area contributed by atoms with Crippen LogP contribution < -0.4 is 0 Å². The second kappa shape index (κ2) is 4.23. The van der Waals surface area contributed by atoms with Gasteiger partial charge in [0.15, 0.2) is 0 Å². The number of carbonyl (C=O) groups excluding carboxylic acids is 1. The van der Waals surface area contributed by atoms with Crippen molar-refractivity contribution in [2.45, 2.75) is 27.2 Å². The molecule has 0 aromatic carbocycles. The minimum atomic E-state index is 0.210. The van der Waals surface area contributed by atoms with Crippen LogP contribution in [-0.4, -0.2) is 55.2 Å². The van der Waals surface area contributed by atoms with Gasteiger partial charge in [-0.05, 0) is 11.8 Å². The lowest BCUT2D eigenvalue weighted by Gasteiger charge is -2.55. The zero-order valence-electron chi connectivity index (χ0n) is 12.2. The second-order valence-electron chi connectivity index (χ2n) is 7.31. The van der Waals surface area contributed by atoms with Gasteiger partial charge in [-0.25, -0.2) is 4.79 Å². The molecule has 0 unspecified atom stereocenters. The molecule has 4 heteroatoms. The fourth-order valence-corrected chi connectivity index (χ4v) is 3.20. The molecule has 3 aliphatic heterocycles. The lowest BCUT2D eigenvalue weighted by Crippen LogP contribution is -2.68. The second-order valence-corrected chi connectivity index (χ2v) is 7.31. The van der Waals surface area contributed by atoms with Gasteiger partial charge in [0.25, 0.3) is 0 Å². The molecule has 0 radical (unpaired) electrons. The van der Waals surface area contributed by atoms with Crippen LogP contribution in [0.5, 0.6) is 0 Å². The summed E-state index contributed by atoms with van der Waals surface area (Å²) in [5.41, 5.74) is 2.03. The first kappa shape index (κ1) is 13.0. The van der Waals surface area contributed by atoms with Crippen molar-refractivity contribution in [1.82, 2.24) is 9.80 Å². The van der Waals surface area contributed by atoms with E-state index in [1.165, 1.54) is 5.57 Å². The molecule has 106 valence electrons. The molecule has 3 aliphatic rings. The monoisotopic (exact) mass is 264 g/mol. The number of nitrogens with zero attached hydrogens (tertiary/aromatic N) is 2. The van der Waals surface area contributed by atoms with Gasteiger partial charge in [0.1, 0.15) is 0 Å². The topological polar surface area (TPSA) is 32.8 Å². The van der Waals surface area contributed by atoms with Gasteiger partial charge in [0, 0.05) is 26.2 Å². The van der Waals surface area contributed by atoms with Gasteiger partial charge < -0.3 is 14.5 Å². The first-order valence-corrected chi connectivity index (χ1v) is 7.21. The SMILES string of the molecule is CC(C)(C)C1=CCN(C(=O)N2CC3(COC3)C2)CC1. The number of amides is 2. The highest BCUT2D eigenvalue weighted by atomic mass is 16.5. The molecule has 3 heterocycles. The van der Waals surface area contributed by atoms with Crippen molar-refractivity contribution in [2.24, 2.45) is 10.8 Å². The minimum Gasteiger partial charge on any atom is -0.380 e. The molecule has 1 spiro atoms. The third-order valence-corrected chi connectivity index (χ3v) is 4.58. The Balaban J connectivity index is 1.54. The molecule has 0 aromatic rings. The third kappa shape index (κ3) is 2.27. The van der Waals surface area contributed by atoms with Gasteiger partial charge in [-0.15, -0.1) is 0 Å². The third-order valence-electron chi connectivity index (χ3n) is 4.58. The van der Waals surface area contributed by atoms with E-state index in [2.05, 4.69) is 26.8 Å². The van der Waals surface area contributed by atoms with E-state index >= 15 is 0 Å². The van der Waals surface area contributed by atoms with E-state index in [4.69, 9.17) is 4.74 Å². The average molecular weight is 264 g/mol. The van der Waals surface area contributed by atoms with Crippen molar-refractivity contribution in [3.05, 3.63) is 11.6 Å². The van der Waals surface area contributed by atoms with Crippen molar-refractivity contribution in [2.75, 3.05) is 39.4 Å². The predicted octanol–water partition coefficient (Wildman–Crippen LogP) is 2.12. The van der Waals surface area contributed by atoms with E-state index < -0.39 is 0 Å². The molecular weight excluding hydrogens is 240 g/mol. The van der Waals surface area contributed by atoms with Crippen molar-refractivity contribution in [3.63, 3.8) is 0 Å². The molecule has 0 saturated carbocycles. The van der Waals surface area contributed by atoms with E-state index in [1.54, 1.807) is 0 Å². The van der Waals surface area contributed by atoms with Crippen molar-refractivity contribution in [3.8, 4) is 0 Å². The zero-order valence-corrected chi connectivity index (χ0v) is 12.2. The first-order chi connectivity index (χ1) is 8.90. The molecular formula is C15H24N2O2. The fourth-order valence-electron chi connectivity index (χ4n) is 3.20. The molecule has 0 aliphatic carbocycles. The van der Waals surface area contributed by atoms with E-state index in [-0.39, 0.29) is 11.4 Å². The molecule has 2 amide bonds. The number of carbonyl (C=O) groups is 1. The average Bonchev–Trinajstić information content (AvgIpc) is 2.24. The van der Waals surface area contributed by atoms with Gasteiger partial charge in [0.2, 0.25) is 0 Å². The maximum Gasteiger partial charge on any atom is 0.320 e. The Morgan fingerprint density at radius 3 is 2.37 bits per heavy atom. The van der Waals surface area contributed by atoms with Crippen LogP contribution in [0.3, 0.4) is 0 Å². The van der Waals surface area contributed by atoms with Gasteiger partial charge in [-0.1, -0.05) is 32.4 Å². The number of likely N-dealkylation sites (tertiary alicyclic amines) is 1. The summed E-state index contributed by atoms with van der Waals surface area (Å²) < 4.78 is 5.24. The number of ether oxygens (including phenoxy) is 1. The van der Waals surface area contributed by atoms with Crippen molar-refractivity contribution < 1.29 is 9.53 Å². The Morgan fingerprint density at radius 2 is 1.95 bits per heavy atom. The van der Waals surface area contributed by atoms with Gasteiger partial charge >= 0.3 is 6.03 Å². The smallest absolute Gasteiger partial charge is 0.320 e. The Morgan fingerprint density at radius 1 is 1.26 bits per heavy atom. The highest BCUT2D eigenvalue weighted by Crippen LogP contribution is 2.38. The van der Waals surface area contributed by atoms with Gasteiger partial charge in [0.05, 0.1) is 18.6 Å². The molecule has 4 nitrogen and oxygen atoms in total. The van der Waals surface area contributed by atoms with E-state index in [1.807, 2.05) is 9.80 Å². The quantitative estimate of drug-likeness (QED) is 0.628. The summed E-state index contributed by atoms with van der Waals surface area (Å²) in [6, 6.07) is 0.210. The van der Waals surface area contributed by atoms with Crippen LogP contribution in [0.2, 0.25) is 0 Å². The molecule has 0 atom stereocenters. The largest absolute Gasteiger partial charge is 0.380 e. The summed E-state index contributed by atoms with van der Waals surface area (Å²) >= 11 is 0. The zero-order chi connectivity index (χ0) is 13.7. The number of hydrogen-bond acceptors (Lipinski definition) is 2. The highest BCUT2D eigenvalue weighted by Gasteiger charge is 2.51. The lowest BCUT2D eigenvalue weighted by molar-refractivity contribution is -0.177. The molecule has 0 aromatic heterocycles. The van der Waals surface area contributed by atoms with Crippen LogP contribution >= 0.6 is 0 Å². The van der Waals surface area contributed by atoms with Crippen LogP contribution in [0.25, 0.3) is 0 Å². The van der Waals surface area contributed by atoms with E-state index in [0.717, 1.165) is 45.8 Å².